The Morgan fingerprint density at radius 1 is 2.00 bits per heavy atom. The maximum absolute atomic E-state index is 9.61. The molecule has 0 aromatic heterocycles. The highest BCUT2D eigenvalue weighted by molar-refractivity contribution is 7.96. The maximum Gasteiger partial charge on any atom is 0.185 e. The van der Waals surface area contributed by atoms with E-state index in [0.29, 0.717) is 0 Å². The molecule has 0 aliphatic carbocycles. The molecular weight excluding hydrogens is 84.1 g/mol. The van der Waals surface area contributed by atoms with Gasteiger partial charge in [-0.15, -0.1) is 12.6 Å². The van der Waals surface area contributed by atoms with Crippen molar-refractivity contribution in [3.05, 3.63) is 6.92 Å². The second kappa shape index (κ2) is 2.27. The number of hydrogen-bond donors (Lipinski definition) is 1. The molecule has 0 aliphatic rings. The lowest BCUT2D eigenvalue weighted by Crippen LogP contribution is -1.75. The first kappa shape index (κ1) is 5.02. The Hall–Kier alpha value is 0.0200. The third-order valence-electron chi connectivity index (χ3n) is 0.214. The fraction of sp³-hybridized carbons (Fsp3) is 0.333. The Kier molecular flexibility index (Phi) is 2.28. The zero-order valence-electron chi connectivity index (χ0n) is 2.77. The van der Waals surface area contributed by atoms with Crippen molar-refractivity contribution in [2.75, 3.05) is 0 Å². The Morgan fingerprint density at radius 3 is 2.20 bits per heavy atom. The van der Waals surface area contributed by atoms with E-state index in [2.05, 4.69) is 19.6 Å². The summed E-state index contributed by atoms with van der Waals surface area (Å²) in [5.74, 6) is 0. The molecular formula is C3H5OS. The van der Waals surface area contributed by atoms with Gasteiger partial charge in [0.1, 0.15) is 0 Å². The lowest BCUT2D eigenvalue weighted by molar-refractivity contribution is -0.110. The zero-order chi connectivity index (χ0) is 4.28. The number of carbonyl (C=O) groups is 1. The smallest absolute Gasteiger partial charge is 0.185 e. The standard InChI is InChI=1S/C3H5OS/c1-2-3(4)5/h1-2H2,(H,4,5). The van der Waals surface area contributed by atoms with Gasteiger partial charge in [-0.1, -0.05) is 0 Å². The van der Waals surface area contributed by atoms with Crippen molar-refractivity contribution in [2.24, 2.45) is 0 Å². The Morgan fingerprint density at radius 2 is 2.20 bits per heavy atom. The topological polar surface area (TPSA) is 17.1 Å². The number of rotatable bonds is 1. The van der Waals surface area contributed by atoms with Crippen LogP contribution in [0.2, 0.25) is 0 Å². The van der Waals surface area contributed by atoms with Gasteiger partial charge in [0.05, 0.1) is 0 Å². The minimum absolute atomic E-state index is 0.162. The van der Waals surface area contributed by atoms with Crippen molar-refractivity contribution in [3.63, 3.8) is 0 Å². The average molecular weight is 89.1 g/mol. The minimum atomic E-state index is -0.162. The van der Waals surface area contributed by atoms with E-state index < -0.39 is 0 Å². The zero-order valence-corrected chi connectivity index (χ0v) is 3.66. The summed E-state index contributed by atoms with van der Waals surface area (Å²) in [6.07, 6.45) is 0.281. The van der Waals surface area contributed by atoms with Crippen molar-refractivity contribution in [1.82, 2.24) is 0 Å². The van der Waals surface area contributed by atoms with E-state index in [1.54, 1.807) is 0 Å². The highest BCUT2D eigenvalue weighted by Crippen LogP contribution is 1.79. The van der Waals surface area contributed by atoms with E-state index in [9.17, 15) is 4.79 Å². The predicted molar refractivity (Wildman–Crippen MR) is 24.0 cm³/mol. The van der Waals surface area contributed by atoms with E-state index in [1.807, 2.05) is 0 Å². The Bertz CT molecular complexity index is 42.2. The van der Waals surface area contributed by atoms with Gasteiger partial charge in [0.25, 0.3) is 0 Å². The molecule has 0 N–H and O–H groups in total. The number of carbonyl (C=O) groups excluding carboxylic acids is 1. The summed E-state index contributed by atoms with van der Waals surface area (Å²) >= 11 is 3.40. The van der Waals surface area contributed by atoms with Crippen LogP contribution in [-0.2, 0) is 4.79 Å². The normalized spacial score (nSPS) is 7.60. The van der Waals surface area contributed by atoms with Gasteiger partial charge in [-0.05, 0) is 6.92 Å². The van der Waals surface area contributed by atoms with Crippen molar-refractivity contribution in [1.29, 1.82) is 0 Å². The molecule has 0 saturated heterocycles. The second-order valence-corrected chi connectivity index (χ2v) is 1.14. The molecule has 0 saturated carbocycles. The van der Waals surface area contributed by atoms with Crippen LogP contribution in [0.25, 0.3) is 0 Å². The van der Waals surface area contributed by atoms with Gasteiger partial charge >= 0.3 is 0 Å². The molecule has 0 unspecified atom stereocenters. The summed E-state index contributed by atoms with van der Waals surface area (Å²) in [4.78, 5) is 9.61. The van der Waals surface area contributed by atoms with Crippen molar-refractivity contribution < 1.29 is 4.79 Å². The molecule has 0 aromatic rings. The van der Waals surface area contributed by atoms with Crippen molar-refractivity contribution in [3.8, 4) is 0 Å². The molecule has 2 heteroatoms. The molecule has 5 heavy (non-hydrogen) atoms. The molecule has 0 atom stereocenters. The predicted octanol–water partition coefficient (Wildman–Crippen LogP) is 0.667. The highest BCUT2D eigenvalue weighted by atomic mass is 32.1. The maximum atomic E-state index is 9.61. The molecule has 0 bridgehead atoms. The molecule has 1 radical (unpaired) electrons. The summed E-state index contributed by atoms with van der Waals surface area (Å²) in [6.45, 7) is 3.26. The SMILES string of the molecule is [CH2]CC(=O)S. The Labute approximate surface area is 36.8 Å². The van der Waals surface area contributed by atoms with Crippen LogP contribution in [0.4, 0.5) is 0 Å². The molecule has 0 rings (SSSR count). The quantitative estimate of drug-likeness (QED) is 0.467. The van der Waals surface area contributed by atoms with Crippen LogP contribution < -0.4 is 0 Å². The first-order valence-electron chi connectivity index (χ1n) is 1.28. The molecule has 0 aliphatic heterocycles. The van der Waals surface area contributed by atoms with Gasteiger partial charge in [0.15, 0.2) is 5.12 Å². The molecule has 0 fully saturated rings. The summed E-state index contributed by atoms with van der Waals surface area (Å²) < 4.78 is 0. The monoisotopic (exact) mass is 89.0 g/mol. The average Bonchev–Trinajstić information content (AvgIpc) is 1.38. The third-order valence-corrected chi connectivity index (χ3v) is 0.437. The van der Waals surface area contributed by atoms with Crippen LogP contribution in [0.5, 0.6) is 0 Å². The van der Waals surface area contributed by atoms with Crippen LogP contribution in [-0.4, -0.2) is 5.12 Å². The van der Waals surface area contributed by atoms with Crippen molar-refractivity contribution in [2.45, 2.75) is 6.42 Å². The first-order chi connectivity index (χ1) is 2.27. The van der Waals surface area contributed by atoms with Gasteiger partial charge < -0.3 is 0 Å². The van der Waals surface area contributed by atoms with Crippen LogP contribution in [0.15, 0.2) is 0 Å². The first-order valence-corrected chi connectivity index (χ1v) is 1.73. The molecule has 0 aromatic carbocycles. The van der Waals surface area contributed by atoms with E-state index in [0.717, 1.165) is 0 Å². The van der Waals surface area contributed by atoms with Crippen LogP contribution >= 0.6 is 12.6 Å². The lowest BCUT2D eigenvalue weighted by atomic mass is 10.6. The molecule has 0 spiro atoms. The third kappa shape index (κ3) is 4.02. The largest absolute Gasteiger partial charge is 0.288 e. The summed E-state index contributed by atoms with van der Waals surface area (Å²) in [6, 6.07) is 0. The van der Waals surface area contributed by atoms with Crippen molar-refractivity contribution >= 4 is 17.7 Å². The van der Waals surface area contributed by atoms with Crippen LogP contribution in [0.1, 0.15) is 6.42 Å². The van der Waals surface area contributed by atoms with Gasteiger partial charge in [-0.2, -0.15) is 0 Å². The number of hydrogen-bond acceptors (Lipinski definition) is 1. The molecule has 0 amide bonds. The summed E-state index contributed by atoms with van der Waals surface area (Å²) in [7, 11) is 0. The Balaban J connectivity index is 2.85. The highest BCUT2D eigenvalue weighted by Gasteiger charge is 1.78. The molecule has 1 nitrogen and oxygen atoms in total. The summed E-state index contributed by atoms with van der Waals surface area (Å²) in [5.41, 5.74) is 0. The van der Waals surface area contributed by atoms with E-state index >= 15 is 0 Å². The second-order valence-electron chi connectivity index (χ2n) is 0.644. The van der Waals surface area contributed by atoms with Gasteiger partial charge in [0, 0.05) is 6.42 Å². The molecule has 29 valence electrons. The van der Waals surface area contributed by atoms with E-state index in [-0.39, 0.29) is 11.5 Å². The van der Waals surface area contributed by atoms with Crippen LogP contribution in [0, 0.1) is 6.92 Å². The minimum Gasteiger partial charge on any atom is -0.288 e. The summed E-state index contributed by atoms with van der Waals surface area (Å²) in [5, 5.41) is -0.162. The fourth-order valence-corrected chi connectivity index (χ4v) is 0. The fourth-order valence-electron chi connectivity index (χ4n) is 0. The van der Waals surface area contributed by atoms with Gasteiger partial charge in [-0.3, -0.25) is 4.79 Å². The van der Waals surface area contributed by atoms with E-state index in [1.165, 1.54) is 0 Å². The lowest BCUT2D eigenvalue weighted by Gasteiger charge is -1.70. The van der Waals surface area contributed by atoms with Crippen LogP contribution in [0.3, 0.4) is 0 Å². The van der Waals surface area contributed by atoms with E-state index in [4.69, 9.17) is 0 Å². The van der Waals surface area contributed by atoms with Gasteiger partial charge in [0.2, 0.25) is 0 Å². The molecule has 0 heterocycles. The number of thiol groups is 1. The van der Waals surface area contributed by atoms with Gasteiger partial charge in [-0.25, -0.2) is 0 Å².